The highest BCUT2D eigenvalue weighted by Crippen LogP contribution is 2.31. The average molecular weight is 270 g/mol. The molecule has 0 aromatic heterocycles. The van der Waals surface area contributed by atoms with Crippen LogP contribution in [0.2, 0.25) is 10.0 Å². The molecule has 3 heteroatoms. The van der Waals surface area contributed by atoms with Gasteiger partial charge in [-0.1, -0.05) is 42.3 Å². The van der Waals surface area contributed by atoms with Crippen LogP contribution in [0, 0.1) is 11.8 Å². The first-order valence-corrected chi connectivity index (χ1v) is 6.53. The Morgan fingerprint density at radius 3 is 2.76 bits per heavy atom. The van der Waals surface area contributed by atoms with E-state index < -0.39 is 0 Å². The van der Waals surface area contributed by atoms with Crippen molar-refractivity contribution in [2.24, 2.45) is 0 Å². The molecule has 1 atom stereocenters. The maximum atomic E-state index is 6.23. The van der Waals surface area contributed by atoms with Gasteiger partial charge in [0.15, 0.2) is 0 Å². The topological polar surface area (TPSA) is 12.0 Å². The maximum absolute atomic E-state index is 6.23. The van der Waals surface area contributed by atoms with Crippen LogP contribution in [-0.2, 0) is 0 Å². The van der Waals surface area contributed by atoms with Crippen molar-refractivity contribution < 1.29 is 0 Å². The van der Waals surface area contributed by atoms with Gasteiger partial charge in [-0.25, -0.2) is 0 Å². The second-order valence-corrected chi connectivity index (χ2v) is 4.50. The van der Waals surface area contributed by atoms with Gasteiger partial charge in [0.05, 0.1) is 10.0 Å². The van der Waals surface area contributed by atoms with Crippen molar-refractivity contribution in [3.63, 3.8) is 0 Å². The zero-order valence-electron chi connectivity index (χ0n) is 10.2. The molecule has 0 aliphatic carbocycles. The fourth-order valence-electron chi connectivity index (χ4n) is 1.75. The number of hydrogen-bond donors (Lipinski definition) is 1. The Bertz CT molecular complexity index is 418. The highest BCUT2D eigenvalue weighted by atomic mass is 35.5. The van der Waals surface area contributed by atoms with Crippen molar-refractivity contribution in [1.29, 1.82) is 0 Å². The standard InChI is InChI=1S/C14H17Cl2N/c1-3-5-6-10-13(17-4-2)11-8-7-9-12(15)14(11)16/h7-9,13,17H,4,6,10H2,1-2H3. The van der Waals surface area contributed by atoms with Gasteiger partial charge in [0.25, 0.3) is 0 Å². The summed E-state index contributed by atoms with van der Waals surface area (Å²) in [6.07, 6.45) is 1.80. The van der Waals surface area contributed by atoms with Crippen LogP contribution in [0.1, 0.15) is 38.3 Å². The monoisotopic (exact) mass is 269 g/mol. The second kappa shape index (κ2) is 7.61. The van der Waals surface area contributed by atoms with E-state index in [9.17, 15) is 0 Å². The second-order valence-electron chi connectivity index (χ2n) is 3.72. The van der Waals surface area contributed by atoms with Gasteiger partial charge < -0.3 is 5.32 Å². The summed E-state index contributed by atoms with van der Waals surface area (Å²) in [4.78, 5) is 0. The number of rotatable bonds is 5. The molecule has 1 aromatic carbocycles. The summed E-state index contributed by atoms with van der Waals surface area (Å²) in [7, 11) is 0. The first-order valence-electron chi connectivity index (χ1n) is 5.77. The zero-order valence-corrected chi connectivity index (χ0v) is 11.7. The lowest BCUT2D eigenvalue weighted by Crippen LogP contribution is -2.21. The summed E-state index contributed by atoms with van der Waals surface area (Å²) in [5.74, 6) is 5.98. The van der Waals surface area contributed by atoms with Gasteiger partial charge in [-0.15, -0.1) is 11.8 Å². The maximum Gasteiger partial charge on any atom is 0.0640 e. The summed E-state index contributed by atoms with van der Waals surface area (Å²) >= 11 is 12.3. The van der Waals surface area contributed by atoms with Crippen LogP contribution >= 0.6 is 23.2 Å². The van der Waals surface area contributed by atoms with Gasteiger partial charge in [0.1, 0.15) is 0 Å². The predicted octanol–water partition coefficient (Wildman–Crippen LogP) is 4.45. The van der Waals surface area contributed by atoms with Crippen LogP contribution in [0.4, 0.5) is 0 Å². The van der Waals surface area contributed by atoms with Gasteiger partial charge in [0, 0.05) is 12.5 Å². The molecule has 0 amide bonds. The Morgan fingerprint density at radius 1 is 1.35 bits per heavy atom. The van der Waals surface area contributed by atoms with Crippen molar-refractivity contribution in [1.82, 2.24) is 5.32 Å². The lowest BCUT2D eigenvalue weighted by Gasteiger charge is -2.19. The van der Waals surface area contributed by atoms with E-state index in [1.54, 1.807) is 0 Å². The molecule has 0 aliphatic heterocycles. The molecule has 1 aromatic rings. The SMILES string of the molecule is CC#CCCC(NCC)c1cccc(Cl)c1Cl. The highest BCUT2D eigenvalue weighted by Gasteiger charge is 2.14. The van der Waals surface area contributed by atoms with Gasteiger partial charge in [-0.3, -0.25) is 0 Å². The Balaban J connectivity index is 2.87. The summed E-state index contributed by atoms with van der Waals surface area (Å²) in [6, 6.07) is 5.97. The quantitative estimate of drug-likeness (QED) is 0.779. The largest absolute Gasteiger partial charge is 0.310 e. The number of hydrogen-bond acceptors (Lipinski definition) is 1. The Morgan fingerprint density at radius 2 is 2.12 bits per heavy atom. The molecule has 1 N–H and O–H groups in total. The van der Waals surface area contributed by atoms with E-state index in [1.807, 2.05) is 25.1 Å². The average Bonchev–Trinajstić information content (AvgIpc) is 2.32. The zero-order chi connectivity index (χ0) is 12.7. The fourth-order valence-corrected chi connectivity index (χ4v) is 2.18. The van der Waals surface area contributed by atoms with Gasteiger partial charge in [-0.2, -0.15) is 0 Å². The van der Waals surface area contributed by atoms with Crippen molar-refractivity contribution in [3.05, 3.63) is 33.8 Å². The van der Waals surface area contributed by atoms with Crippen molar-refractivity contribution in [2.45, 2.75) is 32.7 Å². The van der Waals surface area contributed by atoms with Gasteiger partial charge in [0.2, 0.25) is 0 Å². The number of benzene rings is 1. The lowest BCUT2D eigenvalue weighted by atomic mass is 10.0. The molecule has 0 spiro atoms. The van der Waals surface area contributed by atoms with Crippen LogP contribution in [0.5, 0.6) is 0 Å². The molecular formula is C14H17Cl2N. The smallest absolute Gasteiger partial charge is 0.0640 e. The summed E-state index contributed by atoms with van der Waals surface area (Å²) in [5, 5.41) is 4.66. The van der Waals surface area contributed by atoms with Crippen LogP contribution in [-0.4, -0.2) is 6.54 Å². The first kappa shape index (κ1) is 14.4. The molecule has 0 radical (unpaired) electrons. The summed E-state index contributed by atoms with van der Waals surface area (Å²) < 4.78 is 0. The van der Waals surface area contributed by atoms with E-state index >= 15 is 0 Å². The molecule has 92 valence electrons. The van der Waals surface area contributed by atoms with Crippen molar-refractivity contribution in [3.8, 4) is 11.8 Å². The Labute approximate surface area is 114 Å². The van der Waals surface area contributed by atoms with Gasteiger partial charge in [-0.05, 0) is 31.5 Å². The first-order chi connectivity index (χ1) is 8.20. The minimum Gasteiger partial charge on any atom is -0.310 e. The molecule has 0 heterocycles. The normalized spacial score (nSPS) is 11.8. The molecule has 0 saturated heterocycles. The minimum absolute atomic E-state index is 0.215. The molecule has 1 unspecified atom stereocenters. The van der Waals surface area contributed by atoms with E-state index in [4.69, 9.17) is 23.2 Å². The van der Waals surface area contributed by atoms with E-state index in [1.165, 1.54) is 0 Å². The Kier molecular flexibility index (Phi) is 6.44. The molecular weight excluding hydrogens is 253 g/mol. The molecule has 17 heavy (non-hydrogen) atoms. The van der Waals surface area contributed by atoms with Crippen molar-refractivity contribution >= 4 is 23.2 Å². The third-order valence-electron chi connectivity index (χ3n) is 2.54. The minimum atomic E-state index is 0.215. The summed E-state index contributed by atoms with van der Waals surface area (Å²) in [6.45, 7) is 4.83. The highest BCUT2D eigenvalue weighted by molar-refractivity contribution is 6.42. The number of halogens is 2. The van der Waals surface area contributed by atoms with Crippen LogP contribution in [0.15, 0.2) is 18.2 Å². The molecule has 0 fully saturated rings. The van der Waals surface area contributed by atoms with Gasteiger partial charge >= 0.3 is 0 Å². The molecule has 0 bridgehead atoms. The lowest BCUT2D eigenvalue weighted by molar-refractivity contribution is 0.523. The fraction of sp³-hybridized carbons (Fsp3) is 0.429. The van der Waals surface area contributed by atoms with Crippen LogP contribution in [0.3, 0.4) is 0 Å². The van der Waals surface area contributed by atoms with Crippen LogP contribution in [0.25, 0.3) is 0 Å². The van der Waals surface area contributed by atoms with Crippen molar-refractivity contribution in [2.75, 3.05) is 6.54 Å². The third-order valence-corrected chi connectivity index (χ3v) is 3.38. The molecule has 1 rings (SSSR count). The predicted molar refractivity (Wildman–Crippen MR) is 75.6 cm³/mol. The molecule has 0 saturated carbocycles. The van der Waals surface area contributed by atoms with E-state index in [2.05, 4.69) is 24.1 Å². The van der Waals surface area contributed by atoms with E-state index in [0.717, 1.165) is 24.9 Å². The summed E-state index contributed by atoms with van der Waals surface area (Å²) in [5.41, 5.74) is 1.05. The van der Waals surface area contributed by atoms with E-state index in [0.29, 0.717) is 10.0 Å². The Hall–Kier alpha value is -0.680. The molecule has 1 nitrogen and oxygen atoms in total. The molecule has 0 aliphatic rings. The van der Waals surface area contributed by atoms with Crippen LogP contribution < -0.4 is 5.32 Å². The number of nitrogens with one attached hydrogen (secondary N) is 1. The van der Waals surface area contributed by atoms with E-state index in [-0.39, 0.29) is 6.04 Å². The third kappa shape index (κ3) is 4.24.